The molecule has 0 bridgehead atoms. The van der Waals surface area contributed by atoms with Crippen molar-refractivity contribution in [1.82, 2.24) is 14.7 Å². The number of aromatic nitrogens is 2. The molecule has 3 aromatic heterocycles. The molecule has 28 heavy (non-hydrogen) atoms. The van der Waals surface area contributed by atoms with Gasteiger partial charge >= 0.3 is 0 Å². The van der Waals surface area contributed by atoms with Crippen molar-refractivity contribution in [2.45, 2.75) is 44.2 Å². The number of halogens is 3. The molecule has 148 valence electrons. The number of rotatable bonds is 3. The summed E-state index contributed by atoms with van der Waals surface area (Å²) in [5.41, 5.74) is 8.17. The summed E-state index contributed by atoms with van der Waals surface area (Å²) in [6.07, 6.45) is 4.08. The number of amides is 1. The van der Waals surface area contributed by atoms with Gasteiger partial charge in [0.05, 0.1) is 16.8 Å². The fraction of sp³-hybridized carbons (Fsp3) is 0.368. The van der Waals surface area contributed by atoms with Crippen LogP contribution in [0.3, 0.4) is 0 Å². The van der Waals surface area contributed by atoms with Gasteiger partial charge in [-0.15, -0.1) is 11.3 Å². The molecule has 0 aromatic carbocycles. The van der Waals surface area contributed by atoms with Gasteiger partial charge in [0.2, 0.25) is 0 Å². The molecule has 0 unspecified atom stereocenters. The smallest absolute Gasteiger partial charge is 0.269 e. The third kappa shape index (κ3) is 3.40. The molecule has 0 aliphatic heterocycles. The van der Waals surface area contributed by atoms with Crippen LogP contribution in [0.25, 0.3) is 16.9 Å². The number of nitrogens with zero attached hydrogens (tertiary/aromatic N) is 2. The molecule has 1 saturated carbocycles. The van der Waals surface area contributed by atoms with Crippen LogP contribution in [0, 0.1) is 6.92 Å². The minimum Gasteiger partial charge on any atom is -0.341 e. The topological polar surface area (TPSA) is 72.4 Å². The van der Waals surface area contributed by atoms with Crippen LogP contribution in [0.1, 0.15) is 33.8 Å². The molecule has 1 aliphatic carbocycles. The third-order valence-corrected chi connectivity index (χ3v) is 6.39. The number of imidazole rings is 1. The maximum Gasteiger partial charge on any atom is 0.269 e. The Balaban J connectivity index is 1.63. The fourth-order valence-electron chi connectivity index (χ4n) is 3.64. The van der Waals surface area contributed by atoms with Gasteiger partial charge in [-0.1, -0.05) is 11.6 Å². The average molecular weight is 425 g/mol. The number of alkyl halides is 2. The third-order valence-electron chi connectivity index (χ3n) is 5.11. The number of nitrogens with one attached hydrogen (secondary N) is 1. The summed E-state index contributed by atoms with van der Waals surface area (Å²) in [7, 11) is 0. The van der Waals surface area contributed by atoms with Crippen molar-refractivity contribution in [1.29, 1.82) is 0 Å². The Labute approximate surface area is 169 Å². The number of carbonyl (C=O) groups excluding carboxylic acids is 1. The van der Waals surface area contributed by atoms with Gasteiger partial charge in [-0.2, -0.15) is 0 Å². The molecule has 5 nitrogen and oxygen atoms in total. The Morgan fingerprint density at radius 3 is 3.00 bits per heavy atom. The highest BCUT2D eigenvalue weighted by Crippen LogP contribution is 2.35. The lowest BCUT2D eigenvalue weighted by Crippen LogP contribution is -2.59. The van der Waals surface area contributed by atoms with Crippen LogP contribution in [0.5, 0.6) is 0 Å². The van der Waals surface area contributed by atoms with Gasteiger partial charge in [0.15, 0.2) is 0 Å². The number of pyridine rings is 1. The van der Waals surface area contributed by atoms with Gasteiger partial charge in [0, 0.05) is 40.2 Å². The van der Waals surface area contributed by atoms with Crippen molar-refractivity contribution >= 4 is 34.5 Å². The standard InChI is InChI=1S/C19H19ClF2N4OS/c1-10-12(14-9-24-16-7-11(20)4-6-26(14)16)8-15(28-10)18(27)25-17-13(23)3-2-5-19(17,21)22/h4,6-9,13,17H,2-3,5,23H2,1H3,(H,25,27)/t13-,17+/m0/s1. The lowest BCUT2D eigenvalue weighted by Gasteiger charge is -2.36. The van der Waals surface area contributed by atoms with Gasteiger partial charge in [0.1, 0.15) is 11.7 Å². The van der Waals surface area contributed by atoms with Gasteiger partial charge in [-0.25, -0.2) is 13.8 Å². The predicted molar refractivity (Wildman–Crippen MR) is 106 cm³/mol. The van der Waals surface area contributed by atoms with E-state index in [0.717, 1.165) is 16.1 Å². The van der Waals surface area contributed by atoms with Crippen LogP contribution in [-0.4, -0.2) is 33.3 Å². The second-order valence-electron chi connectivity index (χ2n) is 7.07. The maximum atomic E-state index is 14.2. The lowest BCUT2D eigenvalue weighted by molar-refractivity contribution is -0.0674. The fourth-order valence-corrected chi connectivity index (χ4v) is 4.72. The zero-order valence-corrected chi connectivity index (χ0v) is 16.7. The minimum absolute atomic E-state index is 0.259. The highest BCUT2D eigenvalue weighted by molar-refractivity contribution is 7.14. The van der Waals surface area contributed by atoms with E-state index < -0.39 is 23.9 Å². The van der Waals surface area contributed by atoms with E-state index in [2.05, 4.69) is 10.3 Å². The summed E-state index contributed by atoms with van der Waals surface area (Å²) >= 11 is 7.26. The Kier molecular flexibility index (Phi) is 4.89. The number of hydrogen-bond donors (Lipinski definition) is 2. The second kappa shape index (κ2) is 7.09. The van der Waals surface area contributed by atoms with E-state index >= 15 is 0 Å². The number of thiophene rings is 1. The molecule has 1 amide bonds. The Bertz CT molecular complexity index is 1050. The number of fused-ring (bicyclic) bond motifs is 1. The molecular formula is C19H19ClF2N4OS. The highest BCUT2D eigenvalue weighted by Gasteiger charge is 2.46. The van der Waals surface area contributed by atoms with Crippen LogP contribution in [0.15, 0.2) is 30.6 Å². The Morgan fingerprint density at radius 2 is 2.25 bits per heavy atom. The minimum atomic E-state index is -3.00. The van der Waals surface area contributed by atoms with Gasteiger partial charge in [-0.05, 0) is 31.9 Å². The zero-order chi connectivity index (χ0) is 20.1. The molecule has 0 spiro atoms. The summed E-state index contributed by atoms with van der Waals surface area (Å²) in [6.45, 7) is 1.88. The summed E-state index contributed by atoms with van der Waals surface area (Å²) in [5.74, 6) is -3.53. The van der Waals surface area contributed by atoms with Crippen molar-refractivity contribution in [3.8, 4) is 11.3 Å². The monoisotopic (exact) mass is 424 g/mol. The van der Waals surface area contributed by atoms with Crippen molar-refractivity contribution in [3.63, 3.8) is 0 Å². The molecule has 3 N–H and O–H groups in total. The first-order valence-electron chi connectivity index (χ1n) is 8.94. The Hall–Kier alpha value is -2.03. The van der Waals surface area contributed by atoms with Gasteiger partial charge in [0.25, 0.3) is 11.8 Å². The lowest BCUT2D eigenvalue weighted by atomic mass is 9.87. The normalized spacial score (nSPS) is 21.8. The largest absolute Gasteiger partial charge is 0.341 e. The summed E-state index contributed by atoms with van der Waals surface area (Å²) in [6, 6.07) is 3.10. The molecule has 1 aliphatic rings. The van der Waals surface area contributed by atoms with E-state index in [1.165, 1.54) is 11.3 Å². The van der Waals surface area contributed by atoms with E-state index in [1.54, 1.807) is 30.6 Å². The zero-order valence-electron chi connectivity index (χ0n) is 15.1. The number of carbonyl (C=O) groups is 1. The van der Waals surface area contributed by atoms with Crippen LogP contribution < -0.4 is 11.1 Å². The number of aryl methyl sites for hydroxylation is 1. The van der Waals surface area contributed by atoms with Gasteiger partial charge < -0.3 is 11.1 Å². The Morgan fingerprint density at radius 1 is 1.46 bits per heavy atom. The van der Waals surface area contributed by atoms with Crippen LogP contribution in [0.4, 0.5) is 8.78 Å². The van der Waals surface area contributed by atoms with Crippen LogP contribution in [0.2, 0.25) is 5.02 Å². The quantitative estimate of drug-likeness (QED) is 0.659. The SMILES string of the molecule is Cc1sc(C(=O)N[C@@H]2[C@@H](N)CCCC2(F)F)cc1-c1cnc2cc(Cl)ccn12. The number of nitrogens with two attached hydrogens (primary N) is 1. The summed E-state index contributed by atoms with van der Waals surface area (Å²) < 4.78 is 30.3. The van der Waals surface area contributed by atoms with Crippen molar-refractivity contribution in [2.75, 3.05) is 0 Å². The average Bonchev–Trinajstić information content (AvgIpc) is 3.20. The van der Waals surface area contributed by atoms with Crippen LogP contribution >= 0.6 is 22.9 Å². The maximum absolute atomic E-state index is 14.2. The van der Waals surface area contributed by atoms with Crippen molar-refractivity contribution < 1.29 is 13.6 Å². The van der Waals surface area contributed by atoms with E-state index in [4.69, 9.17) is 17.3 Å². The first-order chi connectivity index (χ1) is 13.3. The molecule has 0 saturated heterocycles. The molecule has 9 heteroatoms. The second-order valence-corrected chi connectivity index (χ2v) is 8.76. The van der Waals surface area contributed by atoms with E-state index in [1.807, 2.05) is 11.3 Å². The molecule has 1 fully saturated rings. The molecular weight excluding hydrogens is 406 g/mol. The van der Waals surface area contributed by atoms with Crippen LogP contribution in [-0.2, 0) is 0 Å². The van der Waals surface area contributed by atoms with Crippen molar-refractivity contribution in [2.24, 2.45) is 5.73 Å². The first-order valence-corrected chi connectivity index (χ1v) is 10.1. The van der Waals surface area contributed by atoms with E-state index in [-0.39, 0.29) is 6.42 Å². The van der Waals surface area contributed by atoms with E-state index in [0.29, 0.717) is 28.4 Å². The summed E-state index contributed by atoms with van der Waals surface area (Å²) in [4.78, 5) is 18.3. The molecule has 3 aromatic rings. The molecule has 2 atom stereocenters. The predicted octanol–water partition coefficient (Wildman–Crippen LogP) is 4.27. The van der Waals surface area contributed by atoms with Crippen molar-refractivity contribution in [3.05, 3.63) is 45.4 Å². The number of hydrogen-bond acceptors (Lipinski definition) is 4. The molecule has 4 rings (SSSR count). The molecule has 3 heterocycles. The van der Waals surface area contributed by atoms with Gasteiger partial charge in [-0.3, -0.25) is 9.20 Å². The highest BCUT2D eigenvalue weighted by atomic mass is 35.5. The molecule has 0 radical (unpaired) electrons. The first kappa shape index (κ1) is 19.3. The summed E-state index contributed by atoms with van der Waals surface area (Å²) in [5, 5.41) is 3.04. The van der Waals surface area contributed by atoms with E-state index in [9.17, 15) is 13.6 Å².